The molecule has 17 heavy (non-hydrogen) atoms. The molecule has 0 saturated carbocycles. The van der Waals surface area contributed by atoms with E-state index in [0.29, 0.717) is 6.42 Å². The molecule has 1 heterocycles. The van der Waals surface area contributed by atoms with E-state index >= 15 is 0 Å². The fourth-order valence-corrected chi connectivity index (χ4v) is 2.50. The Bertz CT molecular complexity index is 348. The summed E-state index contributed by atoms with van der Waals surface area (Å²) in [5.41, 5.74) is 0. The van der Waals surface area contributed by atoms with Gasteiger partial charge in [0.1, 0.15) is 9.84 Å². The molecule has 1 atom stereocenters. The Labute approximate surface area is 103 Å². The number of nitrogens with one attached hydrogen (secondary N) is 1. The molecule has 1 aliphatic rings. The van der Waals surface area contributed by atoms with Crippen LogP contribution in [0.1, 0.15) is 25.7 Å². The molecule has 0 aromatic heterocycles. The normalized spacial score (nSPS) is 21.2. The number of amides is 1. The van der Waals surface area contributed by atoms with Gasteiger partial charge in [-0.05, 0) is 19.4 Å². The first kappa shape index (κ1) is 14.4. The lowest BCUT2D eigenvalue weighted by atomic mass is 10.0. The number of sulfone groups is 1. The van der Waals surface area contributed by atoms with Crippen LogP contribution in [-0.2, 0) is 14.6 Å². The number of nitrogens with zero attached hydrogens (tertiary/aromatic N) is 1. The zero-order chi connectivity index (χ0) is 12.9. The van der Waals surface area contributed by atoms with E-state index in [1.54, 1.807) is 7.05 Å². The monoisotopic (exact) mass is 262 g/mol. The van der Waals surface area contributed by atoms with Crippen LogP contribution in [0, 0.1) is 0 Å². The van der Waals surface area contributed by atoms with E-state index in [1.165, 1.54) is 17.6 Å². The van der Waals surface area contributed by atoms with Crippen molar-refractivity contribution >= 4 is 15.7 Å². The van der Waals surface area contributed by atoms with Gasteiger partial charge in [0.25, 0.3) is 0 Å². The fourth-order valence-electron chi connectivity index (χ4n) is 1.89. The number of carbonyl (C=O) groups is 1. The maximum Gasteiger partial charge on any atom is 0.223 e. The molecule has 1 N–H and O–H groups in total. The van der Waals surface area contributed by atoms with E-state index in [4.69, 9.17) is 0 Å². The summed E-state index contributed by atoms with van der Waals surface area (Å²) in [6, 6.07) is 0.261. The Morgan fingerprint density at radius 2 is 2.12 bits per heavy atom. The molecule has 6 heteroatoms. The van der Waals surface area contributed by atoms with Gasteiger partial charge in [0.2, 0.25) is 5.91 Å². The number of rotatable bonds is 5. The molecule has 100 valence electrons. The lowest BCUT2D eigenvalue weighted by molar-refractivity contribution is -0.130. The van der Waals surface area contributed by atoms with E-state index < -0.39 is 9.84 Å². The third-order valence-electron chi connectivity index (χ3n) is 3.06. The van der Waals surface area contributed by atoms with Crippen LogP contribution in [0.15, 0.2) is 0 Å². The highest BCUT2D eigenvalue weighted by molar-refractivity contribution is 7.90. The SMILES string of the molecule is CN(CCS(C)(=O)=O)C(=O)CC1CCCCN1. The molecule has 1 fully saturated rings. The summed E-state index contributed by atoms with van der Waals surface area (Å²) in [4.78, 5) is 13.3. The number of piperidine rings is 1. The molecule has 0 bridgehead atoms. The topological polar surface area (TPSA) is 66.5 Å². The Kier molecular flexibility index (Phi) is 5.39. The van der Waals surface area contributed by atoms with Crippen molar-refractivity contribution in [3.8, 4) is 0 Å². The smallest absolute Gasteiger partial charge is 0.223 e. The molecule has 5 nitrogen and oxygen atoms in total. The highest BCUT2D eigenvalue weighted by atomic mass is 32.2. The van der Waals surface area contributed by atoms with Crippen molar-refractivity contribution in [2.75, 3.05) is 32.1 Å². The maximum atomic E-state index is 11.8. The molecule has 1 rings (SSSR count). The van der Waals surface area contributed by atoms with Crippen molar-refractivity contribution in [3.05, 3.63) is 0 Å². The summed E-state index contributed by atoms with van der Waals surface area (Å²) < 4.78 is 22.0. The van der Waals surface area contributed by atoms with Gasteiger partial charge in [0.05, 0.1) is 5.75 Å². The molecular formula is C11H22N2O3S. The first-order valence-corrected chi connectivity index (χ1v) is 8.09. The molecule has 0 aromatic carbocycles. The Morgan fingerprint density at radius 1 is 1.41 bits per heavy atom. The lowest BCUT2D eigenvalue weighted by Crippen LogP contribution is -2.40. The van der Waals surface area contributed by atoms with Gasteiger partial charge >= 0.3 is 0 Å². The molecular weight excluding hydrogens is 240 g/mol. The number of hydrogen-bond acceptors (Lipinski definition) is 4. The fraction of sp³-hybridized carbons (Fsp3) is 0.909. The Morgan fingerprint density at radius 3 is 2.65 bits per heavy atom. The second kappa shape index (κ2) is 6.35. The Hall–Kier alpha value is -0.620. The zero-order valence-electron chi connectivity index (χ0n) is 10.6. The molecule has 0 spiro atoms. The average Bonchev–Trinajstić information content (AvgIpc) is 2.26. The van der Waals surface area contributed by atoms with E-state index in [9.17, 15) is 13.2 Å². The molecule has 0 radical (unpaired) electrons. The van der Waals surface area contributed by atoms with E-state index in [-0.39, 0.29) is 24.2 Å². The minimum absolute atomic E-state index is 0.0213. The van der Waals surface area contributed by atoms with Gasteiger partial charge in [0.15, 0.2) is 0 Å². The van der Waals surface area contributed by atoms with Crippen LogP contribution in [0.25, 0.3) is 0 Å². The maximum absolute atomic E-state index is 11.8. The van der Waals surface area contributed by atoms with Crippen LogP contribution in [0.4, 0.5) is 0 Å². The second-order valence-electron chi connectivity index (χ2n) is 4.80. The van der Waals surface area contributed by atoms with Crippen molar-refractivity contribution < 1.29 is 13.2 Å². The van der Waals surface area contributed by atoms with Crippen LogP contribution in [0.5, 0.6) is 0 Å². The Balaban J connectivity index is 2.30. The van der Waals surface area contributed by atoms with Gasteiger partial charge in [-0.3, -0.25) is 4.79 Å². The van der Waals surface area contributed by atoms with Gasteiger partial charge in [-0.15, -0.1) is 0 Å². The average molecular weight is 262 g/mol. The zero-order valence-corrected chi connectivity index (χ0v) is 11.4. The van der Waals surface area contributed by atoms with E-state index in [0.717, 1.165) is 19.4 Å². The van der Waals surface area contributed by atoms with Crippen molar-refractivity contribution in [1.29, 1.82) is 0 Å². The predicted molar refractivity (Wildman–Crippen MR) is 67.6 cm³/mol. The summed E-state index contributed by atoms with van der Waals surface area (Å²) in [6.07, 6.45) is 5.03. The number of carbonyl (C=O) groups excluding carboxylic acids is 1. The lowest BCUT2D eigenvalue weighted by Gasteiger charge is -2.25. The summed E-state index contributed by atoms with van der Waals surface area (Å²) in [5.74, 6) is 0.0564. The molecule has 1 amide bonds. The van der Waals surface area contributed by atoms with Crippen LogP contribution in [0.2, 0.25) is 0 Å². The van der Waals surface area contributed by atoms with Gasteiger partial charge in [-0.1, -0.05) is 6.42 Å². The van der Waals surface area contributed by atoms with Gasteiger partial charge in [-0.2, -0.15) is 0 Å². The molecule has 0 aromatic rings. The molecule has 1 aliphatic heterocycles. The standard InChI is InChI=1S/C11H22N2O3S/c1-13(7-8-17(2,15)16)11(14)9-10-5-3-4-6-12-10/h10,12H,3-9H2,1-2H3. The highest BCUT2D eigenvalue weighted by Crippen LogP contribution is 2.11. The van der Waals surface area contributed by atoms with Gasteiger partial charge < -0.3 is 10.2 Å². The molecule has 0 aliphatic carbocycles. The van der Waals surface area contributed by atoms with Crippen molar-refractivity contribution in [1.82, 2.24) is 10.2 Å². The third kappa shape index (κ3) is 6.02. The largest absolute Gasteiger partial charge is 0.345 e. The summed E-state index contributed by atoms with van der Waals surface area (Å²) in [6.45, 7) is 1.26. The van der Waals surface area contributed by atoms with Crippen LogP contribution in [0.3, 0.4) is 0 Å². The van der Waals surface area contributed by atoms with Crippen LogP contribution >= 0.6 is 0 Å². The van der Waals surface area contributed by atoms with Crippen LogP contribution in [-0.4, -0.2) is 57.4 Å². The van der Waals surface area contributed by atoms with Gasteiger partial charge in [0, 0.05) is 32.3 Å². The summed E-state index contributed by atoms with van der Waals surface area (Å²) in [7, 11) is -1.33. The number of hydrogen-bond donors (Lipinski definition) is 1. The summed E-state index contributed by atoms with van der Waals surface area (Å²) >= 11 is 0. The minimum Gasteiger partial charge on any atom is -0.345 e. The van der Waals surface area contributed by atoms with Crippen molar-refractivity contribution in [3.63, 3.8) is 0 Å². The predicted octanol–water partition coefficient (Wildman–Crippen LogP) is 0.0216. The quantitative estimate of drug-likeness (QED) is 0.758. The first-order chi connectivity index (χ1) is 7.88. The summed E-state index contributed by atoms with van der Waals surface area (Å²) in [5, 5.41) is 3.31. The van der Waals surface area contributed by atoms with Crippen molar-refractivity contribution in [2.45, 2.75) is 31.7 Å². The minimum atomic E-state index is -3.00. The first-order valence-electron chi connectivity index (χ1n) is 6.03. The highest BCUT2D eigenvalue weighted by Gasteiger charge is 2.19. The molecule has 1 unspecified atom stereocenters. The van der Waals surface area contributed by atoms with Gasteiger partial charge in [-0.25, -0.2) is 8.42 Å². The second-order valence-corrected chi connectivity index (χ2v) is 7.06. The van der Waals surface area contributed by atoms with E-state index in [1.807, 2.05) is 0 Å². The third-order valence-corrected chi connectivity index (χ3v) is 3.98. The van der Waals surface area contributed by atoms with E-state index in [2.05, 4.69) is 5.32 Å². The molecule has 1 saturated heterocycles. The van der Waals surface area contributed by atoms with Crippen LogP contribution < -0.4 is 5.32 Å². The van der Waals surface area contributed by atoms with Crippen molar-refractivity contribution in [2.24, 2.45) is 0 Å².